The number of alkyl halides is 1. The Morgan fingerprint density at radius 3 is 2.44 bits per heavy atom. The number of aromatic nitrogens is 1. The Kier molecular flexibility index (Phi) is 12.0. The van der Waals surface area contributed by atoms with E-state index in [0.29, 0.717) is 25.3 Å². The molecule has 0 aliphatic heterocycles. The van der Waals surface area contributed by atoms with Gasteiger partial charge in [0, 0.05) is 37.3 Å². The monoisotopic (exact) mass is 627 g/mol. The first-order valence-corrected chi connectivity index (χ1v) is 16.6. The number of rotatable bonds is 14. The van der Waals surface area contributed by atoms with Crippen LogP contribution in [0.3, 0.4) is 0 Å². The first-order valence-electron chi connectivity index (χ1n) is 15.2. The van der Waals surface area contributed by atoms with Crippen LogP contribution in [-0.2, 0) is 20.9 Å². The van der Waals surface area contributed by atoms with Gasteiger partial charge >= 0.3 is 0 Å². The number of carbonyl (C=O) groups excluding carboxylic acids is 4. The maximum absolute atomic E-state index is 13.5. The highest BCUT2D eigenvalue weighted by Crippen LogP contribution is 2.28. The summed E-state index contributed by atoms with van der Waals surface area (Å²) in [5.41, 5.74) is 3.29. The Morgan fingerprint density at radius 2 is 1.74 bits per heavy atom. The SMILES string of the molecule is CCN(C(=O)Cn1c(C(=O)NC2CCC(C(=O)NCCCCCNC(=O)CCl)CC2)cc2sccc21)c1cccc(C)c1. The third-order valence-corrected chi connectivity index (χ3v) is 9.10. The van der Waals surface area contributed by atoms with E-state index in [4.69, 9.17) is 11.6 Å². The van der Waals surface area contributed by atoms with Gasteiger partial charge in [-0.25, -0.2) is 0 Å². The number of aryl methyl sites for hydroxylation is 1. The molecule has 0 bridgehead atoms. The van der Waals surface area contributed by atoms with Crippen LogP contribution in [0.4, 0.5) is 5.69 Å². The van der Waals surface area contributed by atoms with Crippen molar-refractivity contribution in [1.29, 1.82) is 0 Å². The molecule has 1 saturated carbocycles. The van der Waals surface area contributed by atoms with Crippen LogP contribution in [0.2, 0.25) is 0 Å². The summed E-state index contributed by atoms with van der Waals surface area (Å²) < 4.78 is 2.80. The number of likely N-dealkylation sites (N-methyl/N-ethyl adjacent to an activating group) is 1. The van der Waals surface area contributed by atoms with Crippen molar-refractivity contribution < 1.29 is 19.2 Å². The molecule has 0 radical (unpaired) electrons. The van der Waals surface area contributed by atoms with Crippen molar-refractivity contribution in [1.82, 2.24) is 20.5 Å². The number of hydrogen-bond acceptors (Lipinski definition) is 5. The number of halogens is 1. The van der Waals surface area contributed by atoms with Crippen molar-refractivity contribution in [3.63, 3.8) is 0 Å². The summed E-state index contributed by atoms with van der Waals surface area (Å²) in [4.78, 5) is 52.5. The van der Waals surface area contributed by atoms with Crippen LogP contribution in [0.15, 0.2) is 41.8 Å². The minimum absolute atomic E-state index is 0.0173. The van der Waals surface area contributed by atoms with E-state index in [1.54, 1.807) is 16.2 Å². The highest BCUT2D eigenvalue weighted by Gasteiger charge is 2.28. The molecule has 2 heterocycles. The van der Waals surface area contributed by atoms with Gasteiger partial charge in [0.15, 0.2) is 0 Å². The Hall–Kier alpha value is -3.37. The van der Waals surface area contributed by atoms with Crippen LogP contribution in [0.25, 0.3) is 10.2 Å². The molecule has 0 spiro atoms. The topological polar surface area (TPSA) is 113 Å². The van der Waals surface area contributed by atoms with Gasteiger partial charge < -0.3 is 25.4 Å². The van der Waals surface area contributed by atoms with E-state index in [9.17, 15) is 19.2 Å². The van der Waals surface area contributed by atoms with E-state index in [-0.39, 0.29) is 48.0 Å². The van der Waals surface area contributed by atoms with Crippen LogP contribution < -0.4 is 20.9 Å². The molecular formula is C32H42ClN5O4S. The van der Waals surface area contributed by atoms with Gasteiger partial charge in [0.1, 0.15) is 18.1 Å². The first kappa shape index (κ1) is 32.5. The zero-order chi connectivity index (χ0) is 30.8. The van der Waals surface area contributed by atoms with Gasteiger partial charge in [-0.3, -0.25) is 19.2 Å². The summed E-state index contributed by atoms with van der Waals surface area (Å²) in [5, 5.41) is 10.9. The van der Waals surface area contributed by atoms with Crippen molar-refractivity contribution in [2.24, 2.45) is 5.92 Å². The molecule has 1 aromatic carbocycles. The lowest BCUT2D eigenvalue weighted by Gasteiger charge is -2.28. The van der Waals surface area contributed by atoms with Crippen molar-refractivity contribution in [2.75, 3.05) is 30.4 Å². The molecular weight excluding hydrogens is 586 g/mol. The minimum atomic E-state index is -0.190. The Morgan fingerprint density at radius 1 is 1.00 bits per heavy atom. The van der Waals surface area contributed by atoms with E-state index >= 15 is 0 Å². The Labute approximate surface area is 262 Å². The number of hydrogen-bond donors (Lipinski definition) is 3. The molecule has 4 rings (SSSR count). The molecule has 0 atom stereocenters. The van der Waals surface area contributed by atoms with Crippen LogP contribution in [-0.4, -0.2) is 59.8 Å². The summed E-state index contributed by atoms with van der Waals surface area (Å²) in [6.45, 7) is 5.77. The lowest BCUT2D eigenvalue weighted by Crippen LogP contribution is -2.42. The standard InChI is InChI=1S/C32H42ClN5O4S/c1-3-37(25-9-7-8-22(2)18-25)30(40)21-38-26-14-17-43-28(26)19-27(38)32(42)36-24-12-10-23(11-13-24)31(41)35-16-6-4-5-15-34-29(39)20-33/h7-9,14,17-19,23-24H,3-6,10-13,15-16,20-21H2,1-2H3,(H,34,39)(H,35,41)(H,36,42). The first-order chi connectivity index (χ1) is 20.8. The quantitative estimate of drug-likeness (QED) is 0.173. The average molecular weight is 628 g/mol. The predicted octanol–water partition coefficient (Wildman–Crippen LogP) is 4.99. The zero-order valence-electron chi connectivity index (χ0n) is 25.0. The number of amides is 4. The summed E-state index contributed by atoms with van der Waals surface area (Å²) >= 11 is 7.01. The number of unbranched alkanes of at least 4 members (excludes halogenated alkanes) is 2. The van der Waals surface area contributed by atoms with Crippen molar-refractivity contribution in [3.8, 4) is 0 Å². The number of nitrogens with one attached hydrogen (secondary N) is 3. The minimum Gasteiger partial charge on any atom is -0.356 e. The summed E-state index contributed by atoms with van der Waals surface area (Å²) in [7, 11) is 0. The van der Waals surface area contributed by atoms with E-state index in [1.807, 2.05) is 60.2 Å². The van der Waals surface area contributed by atoms with E-state index < -0.39 is 0 Å². The van der Waals surface area contributed by atoms with Crippen LogP contribution in [0, 0.1) is 12.8 Å². The normalized spacial score (nSPS) is 16.5. The second-order valence-corrected chi connectivity index (χ2v) is 12.3. The third-order valence-electron chi connectivity index (χ3n) is 8.01. The van der Waals surface area contributed by atoms with Gasteiger partial charge in [0.25, 0.3) is 5.91 Å². The molecule has 9 nitrogen and oxygen atoms in total. The summed E-state index contributed by atoms with van der Waals surface area (Å²) in [6, 6.07) is 11.7. The van der Waals surface area contributed by atoms with E-state index in [1.165, 1.54) is 0 Å². The second-order valence-electron chi connectivity index (χ2n) is 11.1. The van der Waals surface area contributed by atoms with Gasteiger partial charge in [0.05, 0.1) is 10.2 Å². The van der Waals surface area contributed by atoms with Gasteiger partial charge in [-0.05, 0) is 94.0 Å². The van der Waals surface area contributed by atoms with Gasteiger partial charge in [-0.1, -0.05) is 12.1 Å². The van der Waals surface area contributed by atoms with E-state index in [0.717, 1.165) is 66.4 Å². The van der Waals surface area contributed by atoms with Gasteiger partial charge in [0.2, 0.25) is 17.7 Å². The number of thiophene rings is 1. The largest absolute Gasteiger partial charge is 0.356 e. The van der Waals surface area contributed by atoms with Crippen molar-refractivity contribution >= 4 is 62.5 Å². The molecule has 4 amide bonds. The number of carbonyl (C=O) groups is 4. The molecule has 1 aliphatic carbocycles. The highest BCUT2D eigenvalue weighted by molar-refractivity contribution is 7.17. The number of fused-ring (bicyclic) bond motifs is 1. The smallest absolute Gasteiger partial charge is 0.268 e. The lowest BCUT2D eigenvalue weighted by atomic mass is 9.85. The molecule has 3 aromatic rings. The fourth-order valence-corrected chi connectivity index (χ4v) is 6.59. The number of anilines is 1. The van der Waals surface area contributed by atoms with Gasteiger partial charge in [-0.15, -0.1) is 22.9 Å². The summed E-state index contributed by atoms with van der Waals surface area (Å²) in [6.07, 6.45) is 5.52. The Bertz CT molecular complexity index is 1410. The molecule has 3 N–H and O–H groups in total. The number of benzene rings is 1. The average Bonchev–Trinajstić information content (AvgIpc) is 3.60. The molecule has 232 valence electrons. The fraction of sp³-hybridized carbons (Fsp3) is 0.500. The molecule has 1 fully saturated rings. The summed E-state index contributed by atoms with van der Waals surface area (Å²) in [5.74, 6) is -0.433. The van der Waals surface area contributed by atoms with Crippen LogP contribution in [0.1, 0.15) is 67.9 Å². The van der Waals surface area contributed by atoms with E-state index in [2.05, 4.69) is 16.0 Å². The highest BCUT2D eigenvalue weighted by atomic mass is 35.5. The molecule has 1 aliphatic rings. The Balaban J connectivity index is 1.27. The fourth-order valence-electron chi connectivity index (χ4n) is 5.67. The second kappa shape index (κ2) is 15.9. The molecule has 11 heteroatoms. The maximum atomic E-state index is 13.5. The van der Waals surface area contributed by atoms with Crippen LogP contribution >= 0.6 is 22.9 Å². The van der Waals surface area contributed by atoms with Crippen molar-refractivity contribution in [3.05, 3.63) is 53.0 Å². The number of nitrogens with zero attached hydrogens (tertiary/aromatic N) is 2. The third kappa shape index (κ3) is 8.83. The predicted molar refractivity (Wildman–Crippen MR) is 173 cm³/mol. The maximum Gasteiger partial charge on any atom is 0.268 e. The molecule has 0 saturated heterocycles. The zero-order valence-corrected chi connectivity index (χ0v) is 26.6. The molecule has 43 heavy (non-hydrogen) atoms. The van der Waals surface area contributed by atoms with Gasteiger partial charge in [-0.2, -0.15) is 0 Å². The van der Waals surface area contributed by atoms with Crippen molar-refractivity contribution in [2.45, 2.75) is 71.4 Å². The lowest BCUT2D eigenvalue weighted by molar-refractivity contribution is -0.126. The molecule has 0 unspecified atom stereocenters. The molecule has 2 aromatic heterocycles. The van der Waals surface area contributed by atoms with Crippen LogP contribution in [0.5, 0.6) is 0 Å².